The molecule has 0 radical (unpaired) electrons. The molecule has 42 heavy (non-hydrogen) atoms. The number of nitrogens with one attached hydrogen (secondary N) is 1. The zero-order valence-corrected chi connectivity index (χ0v) is 26.6. The molecule has 1 saturated carbocycles. The van der Waals surface area contributed by atoms with Crippen LogP contribution in [-0.4, -0.2) is 43.8 Å². The summed E-state index contributed by atoms with van der Waals surface area (Å²) >= 11 is 18.9. The number of benzene rings is 3. The highest BCUT2D eigenvalue weighted by Crippen LogP contribution is 2.31. The van der Waals surface area contributed by atoms with E-state index in [0.29, 0.717) is 32.6 Å². The van der Waals surface area contributed by atoms with Gasteiger partial charge >= 0.3 is 0 Å². The first-order chi connectivity index (χ1) is 20.0. The molecule has 0 heterocycles. The average Bonchev–Trinajstić information content (AvgIpc) is 3.47. The minimum atomic E-state index is -4.20. The van der Waals surface area contributed by atoms with E-state index in [0.717, 1.165) is 30.0 Å². The van der Waals surface area contributed by atoms with Crippen molar-refractivity contribution in [3.63, 3.8) is 0 Å². The average molecular weight is 651 g/mol. The fraction of sp³-hybridized carbons (Fsp3) is 0.355. The Morgan fingerprint density at radius 2 is 1.60 bits per heavy atom. The van der Waals surface area contributed by atoms with Crippen LogP contribution in [0, 0.1) is 6.92 Å². The summed E-state index contributed by atoms with van der Waals surface area (Å²) in [5, 5.41) is 4.19. The second kappa shape index (κ2) is 14.1. The molecule has 1 fully saturated rings. The number of sulfonamides is 1. The minimum Gasteiger partial charge on any atom is -0.352 e. The van der Waals surface area contributed by atoms with Gasteiger partial charge in [-0.05, 0) is 73.7 Å². The molecule has 1 N–H and O–H groups in total. The fourth-order valence-corrected chi connectivity index (χ4v) is 7.33. The smallest absolute Gasteiger partial charge is 0.264 e. The molecule has 4 rings (SSSR count). The fourth-order valence-electron chi connectivity index (χ4n) is 5.20. The molecular weight excluding hydrogens is 617 g/mol. The van der Waals surface area contributed by atoms with Gasteiger partial charge in [-0.25, -0.2) is 8.42 Å². The lowest BCUT2D eigenvalue weighted by molar-refractivity contribution is -0.140. The summed E-state index contributed by atoms with van der Waals surface area (Å²) in [6.45, 7) is 3.00. The third-order valence-corrected chi connectivity index (χ3v) is 10.1. The van der Waals surface area contributed by atoms with Crippen LogP contribution in [0.15, 0.2) is 71.6 Å². The number of aryl methyl sites for hydroxylation is 1. The van der Waals surface area contributed by atoms with E-state index in [4.69, 9.17) is 34.8 Å². The van der Waals surface area contributed by atoms with Gasteiger partial charge in [0, 0.05) is 27.7 Å². The Balaban J connectivity index is 1.76. The first-order valence-electron chi connectivity index (χ1n) is 13.9. The summed E-state index contributed by atoms with van der Waals surface area (Å²) in [6.07, 6.45) is 4.16. The van der Waals surface area contributed by atoms with E-state index in [1.165, 1.54) is 23.1 Å². The van der Waals surface area contributed by atoms with Crippen LogP contribution >= 0.6 is 34.8 Å². The standard InChI is InChI=1S/C31H34Cl3N3O4S/c1-3-28(31(39)35-25-9-7-8-10-25)36(19-22-14-16-23(32)17-27(22)34)30(38)20-37(29-18-24(33)15-13-21(29)2)42(40,41)26-11-5-4-6-12-26/h4-6,11-18,25,28H,3,7-10,19-20H2,1-2H3,(H,35,39)/t28-/m1/s1. The van der Waals surface area contributed by atoms with E-state index in [1.807, 2.05) is 6.92 Å². The lowest BCUT2D eigenvalue weighted by Crippen LogP contribution is -2.53. The molecule has 0 bridgehead atoms. The number of halogens is 3. The van der Waals surface area contributed by atoms with E-state index < -0.39 is 28.5 Å². The molecule has 0 aromatic heterocycles. The molecule has 3 aromatic rings. The van der Waals surface area contributed by atoms with Crippen LogP contribution in [0.1, 0.15) is 50.2 Å². The van der Waals surface area contributed by atoms with Crippen LogP contribution in [0.25, 0.3) is 0 Å². The predicted molar refractivity (Wildman–Crippen MR) is 169 cm³/mol. The molecule has 0 unspecified atom stereocenters. The van der Waals surface area contributed by atoms with Gasteiger partial charge in [0.1, 0.15) is 12.6 Å². The molecular formula is C31H34Cl3N3O4S. The van der Waals surface area contributed by atoms with Crippen LogP contribution in [0.3, 0.4) is 0 Å². The quantitative estimate of drug-likeness (QED) is 0.242. The van der Waals surface area contributed by atoms with Crippen LogP contribution in [0.5, 0.6) is 0 Å². The second-order valence-electron chi connectivity index (χ2n) is 10.4. The van der Waals surface area contributed by atoms with Gasteiger partial charge in [0.15, 0.2) is 0 Å². The Bertz CT molecular complexity index is 1530. The highest BCUT2D eigenvalue weighted by atomic mass is 35.5. The summed E-state index contributed by atoms with van der Waals surface area (Å²) in [5.74, 6) is -0.840. The van der Waals surface area contributed by atoms with Crippen molar-refractivity contribution in [1.29, 1.82) is 0 Å². The van der Waals surface area contributed by atoms with E-state index in [1.54, 1.807) is 55.5 Å². The molecule has 0 saturated heterocycles. The summed E-state index contributed by atoms with van der Waals surface area (Å²) in [6, 6.07) is 16.9. The summed E-state index contributed by atoms with van der Waals surface area (Å²) in [7, 11) is -4.20. The zero-order valence-electron chi connectivity index (χ0n) is 23.5. The van der Waals surface area contributed by atoms with Crippen molar-refractivity contribution >= 4 is 62.3 Å². The van der Waals surface area contributed by atoms with Crippen LogP contribution < -0.4 is 9.62 Å². The van der Waals surface area contributed by atoms with E-state index in [9.17, 15) is 18.0 Å². The summed E-state index contributed by atoms with van der Waals surface area (Å²) in [4.78, 5) is 29.3. The number of hydrogen-bond acceptors (Lipinski definition) is 4. The maximum Gasteiger partial charge on any atom is 0.264 e. The Morgan fingerprint density at radius 1 is 0.952 bits per heavy atom. The lowest BCUT2D eigenvalue weighted by atomic mass is 10.1. The Hall–Kier alpha value is -2.78. The van der Waals surface area contributed by atoms with Gasteiger partial charge in [-0.2, -0.15) is 0 Å². The molecule has 7 nitrogen and oxygen atoms in total. The van der Waals surface area contributed by atoms with Crippen LogP contribution in [0.4, 0.5) is 5.69 Å². The van der Waals surface area contributed by atoms with Crippen molar-refractivity contribution in [2.75, 3.05) is 10.8 Å². The Morgan fingerprint density at radius 3 is 2.24 bits per heavy atom. The summed E-state index contributed by atoms with van der Waals surface area (Å²) in [5.41, 5.74) is 1.47. The lowest BCUT2D eigenvalue weighted by Gasteiger charge is -2.34. The minimum absolute atomic E-state index is 0.0147. The van der Waals surface area contributed by atoms with E-state index >= 15 is 0 Å². The van der Waals surface area contributed by atoms with Gasteiger partial charge in [-0.15, -0.1) is 0 Å². The van der Waals surface area contributed by atoms with Gasteiger partial charge in [0.05, 0.1) is 10.6 Å². The molecule has 11 heteroatoms. The second-order valence-corrected chi connectivity index (χ2v) is 13.6. The van der Waals surface area contributed by atoms with Crippen LogP contribution in [0.2, 0.25) is 15.1 Å². The third kappa shape index (κ3) is 7.59. The van der Waals surface area contributed by atoms with Gasteiger partial charge in [-0.3, -0.25) is 13.9 Å². The number of carbonyl (C=O) groups is 2. The Kier molecular flexibility index (Phi) is 10.8. The van der Waals surface area contributed by atoms with Crippen molar-refractivity contribution in [3.8, 4) is 0 Å². The highest BCUT2D eigenvalue weighted by molar-refractivity contribution is 7.92. The van der Waals surface area contributed by atoms with Gasteiger partial charge in [0.25, 0.3) is 10.0 Å². The third-order valence-electron chi connectivity index (χ3n) is 7.49. The zero-order chi connectivity index (χ0) is 30.4. The van der Waals surface area contributed by atoms with Crippen molar-refractivity contribution in [2.24, 2.45) is 0 Å². The maximum atomic E-state index is 14.3. The van der Waals surface area contributed by atoms with Gasteiger partial charge < -0.3 is 10.2 Å². The number of rotatable bonds is 11. The van der Waals surface area contributed by atoms with Crippen molar-refractivity contribution in [3.05, 3.63) is 92.9 Å². The number of nitrogens with zero attached hydrogens (tertiary/aromatic N) is 2. The predicted octanol–water partition coefficient (Wildman–Crippen LogP) is 7.02. The summed E-state index contributed by atoms with van der Waals surface area (Å²) < 4.78 is 29.1. The number of carbonyl (C=O) groups excluding carboxylic acids is 2. The SMILES string of the molecule is CC[C@H](C(=O)NC1CCCC1)N(Cc1ccc(Cl)cc1Cl)C(=O)CN(c1cc(Cl)ccc1C)S(=O)(=O)c1ccccc1. The molecule has 3 aromatic carbocycles. The Labute approximate surface area is 262 Å². The molecule has 1 aliphatic carbocycles. The normalized spacial score (nSPS) is 14.4. The van der Waals surface area contributed by atoms with Crippen molar-refractivity contribution < 1.29 is 18.0 Å². The molecule has 0 spiro atoms. The number of amides is 2. The monoisotopic (exact) mass is 649 g/mol. The van der Waals surface area contributed by atoms with Gasteiger partial charge in [-0.1, -0.05) is 84.9 Å². The van der Waals surface area contributed by atoms with Crippen LogP contribution in [-0.2, 0) is 26.2 Å². The molecule has 224 valence electrons. The molecule has 2 amide bonds. The maximum absolute atomic E-state index is 14.3. The largest absolute Gasteiger partial charge is 0.352 e. The number of anilines is 1. The van der Waals surface area contributed by atoms with E-state index in [-0.39, 0.29) is 29.1 Å². The first kappa shape index (κ1) is 32.1. The number of hydrogen-bond donors (Lipinski definition) is 1. The topological polar surface area (TPSA) is 86.8 Å². The molecule has 1 aliphatic rings. The van der Waals surface area contributed by atoms with Crippen molar-refractivity contribution in [2.45, 2.75) is 69.5 Å². The van der Waals surface area contributed by atoms with Gasteiger partial charge in [0.2, 0.25) is 11.8 Å². The first-order valence-corrected chi connectivity index (χ1v) is 16.5. The molecule has 0 aliphatic heterocycles. The molecule has 1 atom stereocenters. The van der Waals surface area contributed by atoms with E-state index in [2.05, 4.69) is 5.32 Å². The van der Waals surface area contributed by atoms with Crippen molar-refractivity contribution in [1.82, 2.24) is 10.2 Å². The highest BCUT2D eigenvalue weighted by Gasteiger charge is 2.35.